The summed E-state index contributed by atoms with van der Waals surface area (Å²) in [4.78, 5) is 4.03. The van der Waals surface area contributed by atoms with Gasteiger partial charge in [0.1, 0.15) is 0 Å². The van der Waals surface area contributed by atoms with Gasteiger partial charge in [-0.05, 0) is 90.0 Å². The topological polar surface area (TPSA) is 66.7 Å². The van der Waals surface area contributed by atoms with Crippen molar-refractivity contribution in [1.82, 2.24) is 13.7 Å². The van der Waals surface area contributed by atoms with Crippen LogP contribution in [0.15, 0.2) is 170 Å². The fourth-order valence-electron chi connectivity index (χ4n) is 8.93. The largest absolute Gasteiger partial charge is 0.318 e. The van der Waals surface area contributed by atoms with Gasteiger partial charge in [0.05, 0.1) is 74.3 Å². The van der Waals surface area contributed by atoms with Crippen LogP contribution in [0.4, 0.5) is 5.69 Å². The first-order valence-corrected chi connectivity index (χ1v) is 18.7. The SMILES string of the molecule is [C-]#[N+]c1cccc(-c2ccc(-n3c4ccccc4c4c(-n5c6ccc(C#N)cc6c6cc(C#N)ccc65)cccc43)cc2)c1-n1c2ccccc2c2ccccc21. The Morgan fingerprint density at radius 1 is 0.439 bits per heavy atom. The Morgan fingerprint density at radius 2 is 0.965 bits per heavy atom. The number of rotatable bonds is 4. The summed E-state index contributed by atoms with van der Waals surface area (Å²) < 4.78 is 6.82. The lowest BCUT2D eigenvalue weighted by molar-refractivity contribution is 1.17. The van der Waals surface area contributed by atoms with Crippen molar-refractivity contribution in [3.05, 3.63) is 192 Å². The number of para-hydroxylation sites is 4. The van der Waals surface area contributed by atoms with E-state index in [1.807, 2.05) is 48.5 Å². The third-order valence-corrected chi connectivity index (χ3v) is 11.3. The summed E-state index contributed by atoms with van der Waals surface area (Å²) >= 11 is 0. The van der Waals surface area contributed by atoms with Gasteiger partial charge >= 0.3 is 0 Å². The van der Waals surface area contributed by atoms with E-state index in [1.54, 1.807) is 0 Å². The third-order valence-electron chi connectivity index (χ3n) is 11.3. The van der Waals surface area contributed by atoms with Crippen LogP contribution in [0.2, 0.25) is 0 Å². The summed E-state index contributed by atoms with van der Waals surface area (Å²) in [5, 5.41) is 25.9. The summed E-state index contributed by atoms with van der Waals surface area (Å²) in [6, 6.07) is 62.5. The monoisotopic (exact) mass is 724 g/mol. The number of nitriles is 2. The Bertz CT molecular complexity index is 3490. The Kier molecular flexibility index (Phi) is 6.95. The van der Waals surface area contributed by atoms with Gasteiger partial charge in [-0.2, -0.15) is 10.5 Å². The molecule has 3 aromatic heterocycles. The summed E-state index contributed by atoms with van der Waals surface area (Å²) in [7, 11) is 0. The zero-order valence-corrected chi connectivity index (χ0v) is 30.3. The Morgan fingerprint density at radius 3 is 1.56 bits per heavy atom. The van der Waals surface area contributed by atoms with Gasteiger partial charge in [0.15, 0.2) is 0 Å². The highest BCUT2D eigenvalue weighted by atomic mass is 15.0. The van der Waals surface area contributed by atoms with E-state index in [0.717, 1.165) is 93.6 Å². The van der Waals surface area contributed by atoms with E-state index in [-0.39, 0.29) is 0 Å². The molecule has 0 aliphatic rings. The minimum Gasteiger partial charge on any atom is -0.318 e. The molecule has 0 fully saturated rings. The summed E-state index contributed by atoms with van der Waals surface area (Å²) in [5.41, 5.74) is 12.8. The average molecular weight is 725 g/mol. The molecule has 0 atom stereocenters. The minimum absolute atomic E-state index is 0.574. The summed E-state index contributed by atoms with van der Waals surface area (Å²) in [6.45, 7) is 8.22. The molecule has 0 aliphatic heterocycles. The van der Waals surface area contributed by atoms with Crippen LogP contribution in [-0.4, -0.2) is 13.7 Å². The molecule has 0 aliphatic carbocycles. The smallest absolute Gasteiger partial charge is 0.211 e. The molecule has 0 radical (unpaired) electrons. The van der Waals surface area contributed by atoms with E-state index in [0.29, 0.717) is 16.8 Å². The van der Waals surface area contributed by atoms with E-state index in [4.69, 9.17) is 6.57 Å². The molecule has 262 valence electrons. The molecule has 0 N–H and O–H groups in total. The Labute approximate surface area is 326 Å². The second-order valence-electron chi connectivity index (χ2n) is 14.2. The summed E-state index contributed by atoms with van der Waals surface area (Å²) in [5.74, 6) is 0. The van der Waals surface area contributed by atoms with Crippen LogP contribution in [0.1, 0.15) is 11.1 Å². The van der Waals surface area contributed by atoms with Crippen LogP contribution >= 0.6 is 0 Å². The second-order valence-corrected chi connectivity index (χ2v) is 14.2. The van der Waals surface area contributed by atoms with E-state index in [1.165, 1.54) is 0 Å². The first-order valence-electron chi connectivity index (χ1n) is 18.7. The highest BCUT2D eigenvalue weighted by molar-refractivity contribution is 6.17. The lowest BCUT2D eigenvalue weighted by Crippen LogP contribution is -1.98. The van der Waals surface area contributed by atoms with Crippen molar-refractivity contribution in [3.63, 3.8) is 0 Å². The van der Waals surface area contributed by atoms with Crippen LogP contribution < -0.4 is 0 Å². The van der Waals surface area contributed by atoms with Gasteiger partial charge in [-0.25, -0.2) is 4.85 Å². The molecule has 11 aromatic rings. The molecule has 0 unspecified atom stereocenters. The van der Waals surface area contributed by atoms with Gasteiger partial charge < -0.3 is 13.7 Å². The highest BCUT2D eigenvalue weighted by Crippen LogP contribution is 2.43. The molecule has 3 heterocycles. The molecule has 0 amide bonds. The number of nitrogens with zero attached hydrogens (tertiary/aromatic N) is 6. The van der Waals surface area contributed by atoms with Crippen LogP contribution in [0.3, 0.4) is 0 Å². The van der Waals surface area contributed by atoms with Crippen molar-refractivity contribution in [2.24, 2.45) is 0 Å². The molecule has 11 rings (SSSR count). The number of fused-ring (bicyclic) bond motifs is 9. The maximum atomic E-state index is 9.78. The van der Waals surface area contributed by atoms with Crippen molar-refractivity contribution in [2.75, 3.05) is 0 Å². The fraction of sp³-hybridized carbons (Fsp3) is 0. The van der Waals surface area contributed by atoms with E-state index in [9.17, 15) is 10.5 Å². The van der Waals surface area contributed by atoms with Crippen molar-refractivity contribution in [3.8, 4) is 40.3 Å². The van der Waals surface area contributed by atoms with Crippen molar-refractivity contribution in [1.29, 1.82) is 10.5 Å². The van der Waals surface area contributed by atoms with Crippen molar-refractivity contribution in [2.45, 2.75) is 0 Å². The molecule has 8 aromatic carbocycles. The highest BCUT2D eigenvalue weighted by Gasteiger charge is 2.22. The van der Waals surface area contributed by atoms with E-state index in [2.05, 4.69) is 152 Å². The van der Waals surface area contributed by atoms with E-state index >= 15 is 0 Å². The molecule has 0 bridgehead atoms. The minimum atomic E-state index is 0.574. The van der Waals surface area contributed by atoms with Crippen molar-refractivity contribution < 1.29 is 0 Å². The van der Waals surface area contributed by atoms with Gasteiger partial charge in [-0.15, -0.1) is 0 Å². The first-order chi connectivity index (χ1) is 28.2. The van der Waals surface area contributed by atoms with Gasteiger partial charge in [0.2, 0.25) is 5.69 Å². The van der Waals surface area contributed by atoms with Crippen LogP contribution in [0.25, 0.3) is 98.5 Å². The Balaban J connectivity index is 1.12. The molecule has 6 heteroatoms. The van der Waals surface area contributed by atoms with Crippen LogP contribution in [0.5, 0.6) is 0 Å². The predicted molar refractivity (Wildman–Crippen MR) is 231 cm³/mol. The van der Waals surface area contributed by atoms with E-state index < -0.39 is 0 Å². The second kappa shape index (κ2) is 12.3. The third kappa shape index (κ3) is 4.61. The van der Waals surface area contributed by atoms with Crippen LogP contribution in [0, 0.1) is 29.2 Å². The quantitative estimate of drug-likeness (QED) is 0.170. The Hall–Kier alpha value is -8.37. The molecular weight excluding hydrogens is 697 g/mol. The number of benzene rings is 8. The molecule has 6 nitrogen and oxygen atoms in total. The first kappa shape index (κ1) is 32.1. The molecule has 0 saturated heterocycles. The molecular formula is C51H28N6. The zero-order valence-electron chi connectivity index (χ0n) is 30.3. The summed E-state index contributed by atoms with van der Waals surface area (Å²) in [6.07, 6.45) is 0. The fourth-order valence-corrected chi connectivity index (χ4v) is 8.93. The number of hydrogen-bond donors (Lipinski definition) is 0. The van der Waals surface area contributed by atoms with Gasteiger partial charge in [0.25, 0.3) is 0 Å². The molecule has 0 saturated carbocycles. The standard InChI is InChI=1S/C51H28N6/c1-54-42-14-8-13-36(51(42)57-43-15-5-2-10-37(43)38-11-3-6-16-44(38)57)34-22-24-35(25-23-34)55-45-17-7-4-12-39(45)50-48(55)18-9-19-49(50)56-46-26-20-32(30-52)28-40(46)41-29-33(31-53)21-27-47(41)56/h2-29H. The average Bonchev–Trinajstić information content (AvgIpc) is 3.91. The number of hydrogen-bond acceptors (Lipinski definition) is 2. The van der Waals surface area contributed by atoms with Crippen LogP contribution in [-0.2, 0) is 0 Å². The normalized spacial score (nSPS) is 11.5. The lowest BCUT2D eigenvalue weighted by atomic mass is 10.0. The maximum absolute atomic E-state index is 9.78. The molecule has 57 heavy (non-hydrogen) atoms. The van der Waals surface area contributed by atoms with Gasteiger partial charge in [-0.1, -0.05) is 91.0 Å². The lowest BCUT2D eigenvalue weighted by Gasteiger charge is -2.17. The molecule has 0 spiro atoms. The number of aromatic nitrogens is 3. The predicted octanol–water partition coefficient (Wildman–Crippen LogP) is 12.9. The van der Waals surface area contributed by atoms with Crippen molar-refractivity contribution >= 4 is 71.1 Å². The van der Waals surface area contributed by atoms with Gasteiger partial charge in [0, 0.05) is 38.0 Å². The zero-order chi connectivity index (χ0) is 38.2. The van der Waals surface area contributed by atoms with Gasteiger partial charge in [-0.3, -0.25) is 0 Å². The maximum Gasteiger partial charge on any atom is 0.211 e.